The fraction of sp³-hybridized carbons (Fsp3) is 0.417. The van der Waals surface area contributed by atoms with E-state index in [-0.39, 0.29) is 6.10 Å². The van der Waals surface area contributed by atoms with Gasteiger partial charge in [0.25, 0.3) is 0 Å². The quantitative estimate of drug-likeness (QED) is 0.455. The first-order valence-electron chi connectivity index (χ1n) is 5.62. The normalized spacial score (nSPS) is 19.7. The third-order valence-electron chi connectivity index (χ3n) is 2.82. The summed E-state index contributed by atoms with van der Waals surface area (Å²) < 4.78 is 6.27. The Balaban J connectivity index is 2.00. The highest BCUT2D eigenvalue weighted by atomic mass is 35.5. The van der Waals surface area contributed by atoms with Gasteiger partial charge in [-0.2, -0.15) is 0 Å². The summed E-state index contributed by atoms with van der Waals surface area (Å²) in [7, 11) is 0. The topological polar surface area (TPSA) is 12.5 Å². The van der Waals surface area contributed by atoms with Crippen molar-refractivity contribution in [3.63, 3.8) is 0 Å². The molecule has 98 valence electrons. The Kier molecular flexibility index (Phi) is 4.96. The van der Waals surface area contributed by atoms with Crippen molar-refractivity contribution in [3.05, 3.63) is 28.2 Å². The molecule has 0 bridgehead atoms. The summed E-state index contributed by atoms with van der Waals surface area (Å²) in [6.07, 6.45) is 2.07. The fourth-order valence-electron chi connectivity index (χ4n) is 1.94. The Bertz CT molecular complexity index is 455. The van der Waals surface area contributed by atoms with Gasteiger partial charge >= 0.3 is 0 Å². The van der Waals surface area contributed by atoms with E-state index in [1.165, 1.54) is 0 Å². The first kappa shape index (κ1) is 14.2. The molecule has 1 heterocycles. The Morgan fingerprint density at radius 2 is 2.11 bits per heavy atom. The van der Waals surface area contributed by atoms with E-state index in [0.29, 0.717) is 21.0 Å². The van der Waals surface area contributed by atoms with Gasteiger partial charge in [0.15, 0.2) is 4.45 Å². The molecule has 6 heteroatoms. The molecule has 1 unspecified atom stereocenters. The van der Waals surface area contributed by atoms with Gasteiger partial charge in [-0.1, -0.05) is 34.8 Å². The van der Waals surface area contributed by atoms with Gasteiger partial charge in [0.05, 0.1) is 16.6 Å². The van der Waals surface area contributed by atoms with Gasteiger partial charge in [-0.25, -0.2) is 0 Å². The number of thiocarbonyl (C=S) groups is 1. The van der Waals surface area contributed by atoms with Gasteiger partial charge in [-0.3, -0.25) is 0 Å². The number of piperidine rings is 1. The van der Waals surface area contributed by atoms with E-state index in [2.05, 4.69) is 0 Å². The van der Waals surface area contributed by atoms with Crippen LogP contribution < -0.4 is 4.74 Å². The average Bonchev–Trinajstić information content (AvgIpc) is 2.34. The standard InChI is InChI=1S/C12H12Cl3NOS/c13-10-4-3-8(6-11(10)14)17-9-2-1-5-16(7-9)12(15)18/h3-4,6,9H,1-2,5,7H2. The zero-order valence-electron chi connectivity index (χ0n) is 9.54. The van der Waals surface area contributed by atoms with Crippen LogP contribution in [0.5, 0.6) is 5.75 Å². The van der Waals surface area contributed by atoms with Crippen LogP contribution in [0.25, 0.3) is 0 Å². The van der Waals surface area contributed by atoms with E-state index in [9.17, 15) is 0 Å². The van der Waals surface area contributed by atoms with Crippen LogP contribution in [0.1, 0.15) is 12.8 Å². The predicted molar refractivity (Wildman–Crippen MR) is 80.1 cm³/mol. The van der Waals surface area contributed by atoms with Gasteiger partial charge in [0.2, 0.25) is 0 Å². The molecule has 0 aliphatic carbocycles. The lowest BCUT2D eigenvalue weighted by molar-refractivity contribution is 0.127. The average molecular weight is 325 g/mol. The zero-order chi connectivity index (χ0) is 13.1. The third-order valence-corrected chi connectivity index (χ3v) is 4.06. The maximum atomic E-state index is 5.95. The minimum Gasteiger partial charge on any atom is -0.489 e. The fourth-order valence-corrected chi connectivity index (χ4v) is 2.54. The van der Waals surface area contributed by atoms with E-state index in [1.54, 1.807) is 12.1 Å². The molecule has 1 aromatic carbocycles. The molecule has 0 spiro atoms. The van der Waals surface area contributed by atoms with Gasteiger partial charge in [0.1, 0.15) is 11.9 Å². The van der Waals surface area contributed by atoms with Crippen LogP contribution in [0.4, 0.5) is 0 Å². The largest absolute Gasteiger partial charge is 0.489 e. The van der Waals surface area contributed by atoms with E-state index in [1.807, 2.05) is 11.0 Å². The first-order valence-corrected chi connectivity index (χ1v) is 7.16. The van der Waals surface area contributed by atoms with Crippen molar-refractivity contribution in [1.29, 1.82) is 0 Å². The second-order valence-corrected chi connectivity index (χ2v) is 5.94. The molecule has 1 aromatic rings. The van der Waals surface area contributed by atoms with Gasteiger partial charge in [0, 0.05) is 12.6 Å². The van der Waals surface area contributed by atoms with Gasteiger partial charge in [-0.05, 0) is 37.2 Å². The highest BCUT2D eigenvalue weighted by Crippen LogP contribution is 2.28. The Morgan fingerprint density at radius 1 is 1.33 bits per heavy atom. The lowest BCUT2D eigenvalue weighted by Gasteiger charge is -2.32. The predicted octanol–water partition coefficient (Wildman–Crippen LogP) is 4.36. The number of halogens is 3. The Hall–Kier alpha value is -0.220. The van der Waals surface area contributed by atoms with E-state index < -0.39 is 0 Å². The summed E-state index contributed by atoms with van der Waals surface area (Å²) in [6, 6.07) is 5.26. The molecule has 18 heavy (non-hydrogen) atoms. The summed E-state index contributed by atoms with van der Waals surface area (Å²) in [4.78, 5) is 1.95. The maximum Gasteiger partial charge on any atom is 0.170 e. The van der Waals surface area contributed by atoms with E-state index in [4.69, 9.17) is 51.8 Å². The molecule has 1 aliphatic rings. The minimum atomic E-state index is 0.0766. The molecular weight excluding hydrogens is 313 g/mol. The van der Waals surface area contributed by atoms with Crippen LogP contribution in [0.3, 0.4) is 0 Å². The minimum absolute atomic E-state index is 0.0766. The van der Waals surface area contributed by atoms with Gasteiger partial charge in [-0.15, -0.1) is 0 Å². The molecule has 2 rings (SSSR count). The molecule has 2 nitrogen and oxygen atoms in total. The van der Waals surface area contributed by atoms with Crippen LogP contribution in [-0.4, -0.2) is 28.5 Å². The van der Waals surface area contributed by atoms with Crippen molar-refractivity contribution in [3.8, 4) is 5.75 Å². The summed E-state index contributed by atoms with van der Waals surface area (Å²) in [5.74, 6) is 0.719. The Morgan fingerprint density at radius 3 is 2.78 bits per heavy atom. The van der Waals surface area contributed by atoms with Crippen LogP contribution in [0.2, 0.25) is 10.0 Å². The van der Waals surface area contributed by atoms with Crippen molar-refractivity contribution in [2.75, 3.05) is 13.1 Å². The van der Waals surface area contributed by atoms with Crippen LogP contribution in [0, 0.1) is 0 Å². The van der Waals surface area contributed by atoms with Crippen LogP contribution in [0.15, 0.2) is 18.2 Å². The molecule has 0 N–H and O–H groups in total. The SMILES string of the molecule is S=C(Cl)N1CCCC(Oc2ccc(Cl)c(Cl)c2)C1. The summed E-state index contributed by atoms with van der Waals surface area (Å²) in [6.45, 7) is 1.60. The molecule has 0 saturated carbocycles. The smallest absolute Gasteiger partial charge is 0.170 e. The number of rotatable bonds is 2. The van der Waals surface area contributed by atoms with Crippen molar-refractivity contribution >= 4 is 51.5 Å². The van der Waals surface area contributed by atoms with Crippen molar-refractivity contribution < 1.29 is 4.74 Å². The molecule has 1 fully saturated rings. The number of benzene rings is 1. The van der Waals surface area contributed by atoms with Gasteiger partial charge < -0.3 is 9.64 Å². The molecule has 0 radical (unpaired) electrons. The first-order chi connectivity index (χ1) is 8.56. The highest BCUT2D eigenvalue weighted by Gasteiger charge is 2.22. The van der Waals surface area contributed by atoms with Crippen LogP contribution >= 0.6 is 47.0 Å². The lowest BCUT2D eigenvalue weighted by atomic mass is 10.1. The molecule has 1 atom stereocenters. The van der Waals surface area contributed by atoms with Crippen molar-refractivity contribution in [2.24, 2.45) is 0 Å². The second kappa shape index (κ2) is 6.29. The Labute approximate surface area is 127 Å². The molecule has 0 amide bonds. The molecule has 1 saturated heterocycles. The third kappa shape index (κ3) is 3.64. The van der Waals surface area contributed by atoms with Crippen molar-refractivity contribution in [1.82, 2.24) is 4.90 Å². The number of ether oxygens (including phenoxy) is 1. The lowest BCUT2D eigenvalue weighted by Crippen LogP contribution is -2.42. The number of likely N-dealkylation sites (tertiary alicyclic amines) is 1. The number of nitrogens with zero attached hydrogens (tertiary/aromatic N) is 1. The number of hydrogen-bond donors (Lipinski definition) is 0. The number of hydrogen-bond acceptors (Lipinski definition) is 2. The summed E-state index contributed by atoms with van der Waals surface area (Å²) in [5, 5.41) is 1.02. The molecule has 1 aliphatic heterocycles. The monoisotopic (exact) mass is 323 g/mol. The second-order valence-electron chi connectivity index (χ2n) is 4.16. The zero-order valence-corrected chi connectivity index (χ0v) is 12.6. The molecule has 0 aromatic heterocycles. The maximum absolute atomic E-state index is 5.95. The van der Waals surface area contributed by atoms with Crippen LogP contribution in [-0.2, 0) is 0 Å². The van der Waals surface area contributed by atoms with E-state index in [0.717, 1.165) is 25.1 Å². The summed E-state index contributed by atoms with van der Waals surface area (Å²) >= 11 is 22.6. The van der Waals surface area contributed by atoms with E-state index >= 15 is 0 Å². The van der Waals surface area contributed by atoms with Crippen molar-refractivity contribution in [2.45, 2.75) is 18.9 Å². The highest BCUT2D eigenvalue weighted by molar-refractivity contribution is 7.83. The molecular formula is C12H12Cl3NOS. The summed E-state index contributed by atoms with van der Waals surface area (Å²) in [5.41, 5.74) is 0.